The van der Waals surface area contributed by atoms with Crippen LogP contribution in [0.1, 0.15) is 15.9 Å². The molecular weight excluding hydrogens is 283 g/mol. The Kier molecular flexibility index (Phi) is 4.47. The molecule has 6 heteroatoms. The summed E-state index contributed by atoms with van der Waals surface area (Å²) >= 11 is 0. The van der Waals surface area contributed by atoms with Crippen molar-refractivity contribution < 1.29 is 22.7 Å². The summed E-state index contributed by atoms with van der Waals surface area (Å²) < 4.78 is 44.8. The molecule has 2 aromatic rings. The molecule has 0 bridgehead atoms. The van der Waals surface area contributed by atoms with Crippen molar-refractivity contribution in [3.05, 3.63) is 65.0 Å². The highest BCUT2D eigenvalue weighted by atomic mass is 19.1. The van der Waals surface area contributed by atoms with Crippen molar-refractivity contribution in [2.45, 2.75) is 6.54 Å². The van der Waals surface area contributed by atoms with E-state index in [1.54, 1.807) is 0 Å². The first-order valence-corrected chi connectivity index (χ1v) is 6.07. The van der Waals surface area contributed by atoms with Gasteiger partial charge in [0.1, 0.15) is 17.5 Å². The Morgan fingerprint density at radius 1 is 1.10 bits per heavy atom. The van der Waals surface area contributed by atoms with E-state index >= 15 is 0 Å². The van der Waals surface area contributed by atoms with Crippen LogP contribution in [-0.4, -0.2) is 13.1 Å². The molecule has 0 radical (unpaired) electrons. The molecular formula is C15H12F3NO2. The van der Waals surface area contributed by atoms with Crippen molar-refractivity contribution in [3.8, 4) is 0 Å². The lowest BCUT2D eigenvalue weighted by Gasteiger charge is -2.10. The predicted molar refractivity (Wildman–Crippen MR) is 71.4 cm³/mol. The number of ether oxygens (including phenoxy) is 1. The fourth-order valence-electron chi connectivity index (χ4n) is 1.79. The van der Waals surface area contributed by atoms with Crippen molar-refractivity contribution in [1.29, 1.82) is 0 Å². The quantitative estimate of drug-likeness (QED) is 0.877. The number of esters is 1. The van der Waals surface area contributed by atoms with Crippen LogP contribution in [0.15, 0.2) is 36.4 Å². The Morgan fingerprint density at radius 3 is 2.38 bits per heavy atom. The monoisotopic (exact) mass is 295 g/mol. The summed E-state index contributed by atoms with van der Waals surface area (Å²) in [6, 6.07) is 7.21. The number of carbonyl (C=O) groups is 1. The van der Waals surface area contributed by atoms with E-state index in [2.05, 4.69) is 10.1 Å². The maximum Gasteiger partial charge on any atom is 0.340 e. The van der Waals surface area contributed by atoms with E-state index in [0.717, 1.165) is 25.3 Å². The fraction of sp³-hybridized carbons (Fsp3) is 0.133. The number of carbonyl (C=O) groups excluding carboxylic acids is 1. The Balaban J connectivity index is 2.19. The molecule has 0 unspecified atom stereocenters. The standard InChI is InChI=1S/C15H12F3NO2/c1-21-15(20)10-7-9(5-6-14(10)18)19-8-11-12(16)3-2-4-13(11)17/h2-7,19H,8H2,1H3. The lowest BCUT2D eigenvalue weighted by atomic mass is 10.1. The highest BCUT2D eigenvalue weighted by Crippen LogP contribution is 2.18. The predicted octanol–water partition coefficient (Wildman–Crippen LogP) is 3.50. The largest absolute Gasteiger partial charge is 0.465 e. The zero-order chi connectivity index (χ0) is 15.4. The molecule has 0 fully saturated rings. The Labute approximate surface area is 119 Å². The zero-order valence-corrected chi connectivity index (χ0v) is 11.1. The summed E-state index contributed by atoms with van der Waals surface area (Å²) in [6.45, 7) is -0.134. The molecule has 2 rings (SSSR count). The van der Waals surface area contributed by atoms with Crippen molar-refractivity contribution in [2.24, 2.45) is 0 Å². The van der Waals surface area contributed by atoms with Gasteiger partial charge in [0, 0.05) is 17.8 Å². The number of nitrogens with one attached hydrogen (secondary N) is 1. The van der Waals surface area contributed by atoms with Gasteiger partial charge in [-0.2, -0.15) is 0 Å². The Bertz CT molecular complexity index is 654. The minimum atomic E-state index is -0.826. The molecule has 0 atom stereocenters. The van der Waals surface area contributed by atoms with Gasteiger partial charge in [0.15, 0.2) is 0 Å². The van der Waals surface area contributed by atoms with E-state index in [-0.39, 0.29) is 17.7 Å². The van der Waals surface area contributed by atoms with Crippen molar-refractivity contribution in [3.63, 3.8) is 0 Å². The van der Waals surface area contributed by atoms with Crippen LogP contribution < -0.4 is 5.32 Å². The van der Waals surface area contributed by atoms with Crippen LogP contribution >= 0.6 is 0 Å². The summed E-state index contributed by atoms with van der Waals surface area (Å²) in [5.41, 5.74) is -0.0441. The zero-order valence-electron chi connectivity index (χ0n) is 11.1. The first kappa shape index (κ1) is 14.9. The minimum absolute atomic E-state index is 0.134. The van der Waals surface area contributed by atoms with Gasteiger partial charge in [-0.25, -0.2) is 18.0 Å². The molecule has 0 saturated carbocycles. The van der Waals surface area contributed by atoms with Crippen molar-refractivity contribution in [2.75, 3.05) is 12.4 Å². The molecule has 21 heavy (non-hydrogen) atoms. The SMILES string of the molecule is COC(=O)c1cc(NCc2c(F)cccc2F)ccc1F. The van der Waals surface area contributed by atoms with Crippen LogP contribution in [0.5, 0.6) is 0 Å². The maximum atomic E-state index is 13.5. The Morgan fingerprint density at radius 2 is 1.76 bits per heavy atom. The third-order valence-electron chi connectivity index (χ3n) is 2.90. The molecule has 0 aliphatic heterocycles. The molecule has 2 aromatic carbocycles. The fourth-order valence-corrected chi connectivity index (χ4v) is 1.79. The number of anilines is 1. The average Bonchev–Trinajstić information content (AvgIpc) is 2.47. The van der Waals surface area contributed by atoms with Gasteiger partial charge in [-0.15, -0.1) is 0 Å². The normalized spacial score (nSPS) is 10.3. The van der Waals surface area contributed by atoms with E-state index in [1.807, 2.05) is 0 Å². The third-order valence-corrected chi connectivity index (χ3v) is 2.90. The summed E-state index contributed by atoms with van der Waals surface area (Å²) in [7, 11) is 1.14. The number of methoxy groups -OCH3 is 1. The second-order valence-electron chi connectivity index (χ2n) is 4.24. The number of hydrogen-bond donors (Lipinski definition) is 1. The highest BCUT2D eigenvalue weighted by molar-refractivity contribution is 5.90. The van der Waals surface area contributed by atoms with E-state index in [9.17, 15) is 18.0 Å². The molecule has 0 aliphatic carbocycles. The molecule has 110 valence electrons. The average molecular weight is 295 g/mol. The van der Waals surface area contributed by atoms with Gasteiger partial charge in [0.05, 0.1) is 12.7 Å². The molecule has 3 nitrogen and oxygen atoms in total. The van der Waals surface area contributed by atoms with Crippen LogP contribution in [0.2, 0.25) is 0 Å². The highest BCUT2D eigenvalue weighted by Gasteiger charge is 2.13. The molecule has 0 aliphatic rings. The molecule has 1 N–H and O–H groups in total. The van der Waals surface area contributed by atoms with Gasteiger partial charge in [-0.1, -0.05) is 6.07 Å². The topological polar surface area (TPSA) is 38.3 Å². The van der Waals surface area contributed by atoms with Crippen LogP contribution in [0.3, 0.4) is 0 Å². The molecule has 0 amide bonds. The van der Waals surface area contributed by atoms with Crippen LogP contribution in [0.4, 0.5) is 18.9 Å². The number of rotatable bonds is 4. The van der Waals surface area contributed by atoms with Crippen LogP contribution in [-0.2, 0) is 11.3 Å². The van der Waals surface area contributed by atoms with Gasteiger partial charge in [0.25, 0.3) is 0 Å². The molecule has 0 aromatic heterocycles. The van der Waals surface area contributed by atoms with E-state index < -0.39 is 23.4 Å². The second-order valence-corrected chi connectivity index (χ2v) is 4.24. The number of hydrogen-bond acceptors (Lipinski definition) is 3. The van der Waals surface area contributed by atoms with Gasteiger partial charge in [-0.3, -0.25) is 0 Å². The second kappa shape index (κ2) is 6.30. The van der Waals surface area contributed by atoms with Crippen LogP contribution in [0, 0.1) is 17.5 Å². The first-order chi connectivity index (χ1) is 10.0. The van der Waals surface area contributed by atoms with E-state index in [1.165, 1.54) is 18.2 Å². The number of halogens is 3. The first-order valence-electron chi connectivity index (χ1n) is 6.07. The van der Waals surface area contributed by atoms with Gasteiger partial charge >= 0.3 is 5.97 Å². The van der Waals surface area contributed by atoms with Crippen molar-refractivity contribution in [1.82, 2.24) is 0 Å². The van der Waals surface area contributed by atoms with E-state index in [0.29, 0.717) is 5.69 Å². The molecule has 0 spiro atoms. The summed E-state index contributed by atoms with van der Waals surface area (Å²) in [5, 5.41) is 2.73. The van der Waals surface area contributed by atoms with Gasteiger partial charge < -0.3 is 10.1 Å². The van der Waals surface area contributed by atoms with Crippen molar-refractivity contribution >= 4 is 11.7 Å². The minimum Gasteiger partial charge on any atom is -0.465 e. The van der Waals surface area contributed by atoms with Crippen LogP contribution in [0.25, 0.3) is 0 Å². The van der Waals surface area contributed by atoms with E-state index in [4.69, 9.17) is 0 Å². The third kappa shape index (κ3) is 3.34. The lowest BCUT2D eigenvalue weighted by molar-refractivity contribution is 0.0595. The Hall–Kier alpha value is -2.50. The smallest absolute Gasteiger partial charge is 0.340 e. The van der Waals surface area contributed by atoms with Gasteiger partial charge in [-0.05, 0) is 30.3 Å². The van der Waals surface area contributed by atoms with Gasteiger partial charge in [0.2, 0.25) is 0 Å². The maximum absolute atomic E-state index is 13.5. The number of benzene rings is 2. The summed E-state index contributed by atoms with van der Waals surface area (Å²) in [6.07, 6.45) is 0. The lowest BCUT2D eigenvalue weighted by Crippen LogP contribution is -2.08. The summed E-state index contributed by atoms with van der Waals surface area (Å²) in [5.74, 6) is -2.92. The molecule has 0 heterocycles. The molecule has 0 saturated heterocycles. The summed E-state index contributed by atoms with van der Waals surface area (Å²) in [4.78, 5) is 11.4.